The Labute approximate surface area is 126 Å². The summed E-state index contributed by atoms with van der Waals surface area (Å²) in [6.45, 7) is 0. The number of anilines is 1. The van der Waals surface area contributed by atoms with Crippen molar-refractivity contribution >= 4 is 44.3 Å². The maximum absolute atomic E-state index is 11.6. The fourth-order valence-corrected chi connectivity index (χ4v) is 3.79. The summed E-state index contributed by atoms with van der Waals surface area (Å²) < 4.78 is 5.69. The van der Waals surface area contributed by atoms with E-state index in [9.17, 15) is 4.79 Å². The third-order valence-electron chi connectivity index (χ3n) is 3.57. The first-order valence-corrected chi connectivity index (χ1v) is 7.82. The second kappa shape index (κ2) is 5.58. The van der Waals surface area contributed by atoms with Gasteiger partial charge in [0, 0.05) is 6.04 Å². The molecule has 0 atom stereocenters. The normalized spacial score (nSPS) is 15.7. The van der Waals surface area contributed by atoms with Crippen molar-refractivity contribution in [2.24, 2.45) is 0 Å². The molecule has 1 saturated carbocycles. The van der Waals surface area contributed by atoms with E-state index in [1.165, 1.54) is 32.8 Å². The Morgan fingerprint density at radius 3 is 2.90 bits per heavy atom. The molecule has 1 aliphatic rings. The molecule has 0 amide bonds. The molecule has 0 bridgehead atoms. The SMILES string of the molecule is COC(=O)c1cc2nc(NC3CCCC3)sc2cc1Cl. The minimum absolute atomic E-state index is 0.361. The summed E-state index contributed by atoms with van der Waals surface area (Å²) in [6, 6.07) is 3.99. The van der Waals surface area contributed by atoms with Crippen molar-refractivity contribution in [3.05, 3.63) is 22.7 Å². The monoisotopic (exact) mass is 310 g/mol. The van der Waals surface area contributed by atoms with Crippen LogP contribution in [0.1, 0.15) is 36.0 Å². The van der Waals surface area contributed by atoms with E-state index < -0.39 is 5.97 Å². The molecule has 1 aliphatic carbocycles. The van der Waals surface area contributed by atoms with Crippen molar-refractivity contribution < 1.29 is 9.53 Å². The van der Waals surface area contributed by atoms with Gasteiger partial charge in [-0.05, 0) is 25.0 Å². The number of fused-ring (bicyclic) bond motifs is 1. The highest BCUT2D eigenvalue weighted by Gasteiger charge is 2.18. The summed E-state index contributed by atoms with van der Waals surface area (Å²) in [4.78, 5) is 16.2. The minimum atomic E-state index is -0.435. The number of thiazole rings is 1. The Bertz CT molecular complexity index is 650. The van der Waals surface area contributed by atoms with Crippen LogP contribution in [0.3, 0.4) is 0 Å². The highest BCUT2D eigenvalue weighted by atomic mass is 35.5. The van der Waals surface area contributed by atoms with Gasteiger partial charge in [0.15, 0.2) is 5.13 Å². The first-order chi connectivity index (χ1) is 9.67. The summed E-state index contributed by atoms with van der Waals surface area (Å²) in [7, 11) is 1.34. The van der Waals surface area contributed by atoms with E-state index in [4.69, 9.17) is 16.3 Å². The lowest BCUT2D eigenvalue weighted by molar-refractivity contribution is 0.0601. The molecule has 0 unspecified atom stereocenters. The molecule has 1 fully saturated rings. The van der Waals surface area contributed by atoms with E-state index in [0.717, 1.165) is 15.3 Å². The number of halogens is 1. The highest BCUT2D eigenvalue weighted by molar-refractivity contribution is 7.22. The van der Waals surface area contributed by atoms with Gasteiger partial charge in [-0.1, -0.05) is 35.8 Å². The molecule has 0 radical (unpaired) electrons. The van der Waals surface area contributed by atoms with Crippen LogP contribution < -0.4 is 5.32 Å². The number of benzene rings is 1. The lowest BCUT2D eigenvalue weighted by Gasteiger charge is -2.09. The molecule has 6 heteroatoms. The fraction of sp³-hybridized carbons (Fsp3) is 0.429. The summed E-state index contributed by atoms with van der Waals surface area (Å²) in [5, 5.41) is 4.76. The zero-order chi connectivity index (χ0) is 14.1. The largest absolute Gasteiger partial charge is 0.465 e. The van der Waals surface area contributed by atoms with Crippen molar-refractivity contribution in [2.75, 3.05) is 12.4 Å². The van der Waals surface area contributed by atoms with Gasteiger partial charge in [0.05, 0.1) is 27.9 Å². The molecule has 4 nitrogen and oxygen atoms in total. The molecular formula is C14H15ClN2O2S. The molecule has 106 valence electrons. The lowest BCUT2D eigenvalue weighted by atomic mass is 10.2. The van der Waals surface area contributed by atoms with Crippen LogP contribution in [-0.4, -0.2) is 24.1 Å². The molecule has 1 heterocycles. The van der Waals surface area contributed by atoms with E-state index in [1.807, 2.05) is 0 Å². The van der Waals surface area contributed by atoms with E-state index in [1.54, 1.807) is 23.5 Å². The number of esters is 1. The first kappa shape index (κ1) is 13.6. The molecule has 20 heavy (non-hydrogen) atoms. The van der Waals surface area contributed by atoms with Crippen LogP contribution in [0.5, 0.6) is 0 Å². The van der Waals surface area contributed by atoms with Crippen LogP contribution in [0, 0.1) is 0 Å². The lowest BCUT2D eigenvalue weighted by Crippen LogP contribution is -2.13. The number of nitrogens with zero attached hydrogens (tertiary/aromatic N) is 1. The summed E-state index contributed by atoms with van der Waals surface area (Å²) in [6.07, 6.45) is 4.95. The van der Waals surface area contributed by atoms with E-state index in [-0.39, 0.29) is 0 Å². The first-order valence-electron chi connectivity index (χ1n) is 6.62. The number of hydrogen-bond acceptors (Lipinski definition) is 5. The van der Waals surface area contributed by atoms with E-state index in [2.05, 4.69) is 10.3 Å². The van der Waals surface area contributed by atoms with Crippen molar-refractivity contribution in [3.63, 3.8) is 0 Å². The summed E-state index contributed by atoms with van der Waals surface area (Å²) in [5.41, 5.74) is 1.14. The number of carbonyl (C=O) groups is 1. The second-order valence-corrected chi connectivity index (χ2v) is 6.37. The topological polar surface area (TPSA) is 51.2 Å². The van der Waals surface area contributed by atoms with Gasteiger partial charge >= 0.3 is 5.97 Å². The van der Waals surface area contributed by atoms with Crippen molar-refractivity contribution in [3.8, 4) is 0 Å². The van der Waals surface area contributed by atoms with Gasteiger partial charge in [0.1, 0.15) is 0 Å². The van der Waals surface area contributed by atoms with Gasteiger partial charge in [0.2, 0.25) is 0 Å². The molecule has 1 N–H and O–H groups in total. The number of aromatic nitrogens is 1. The Balaban J connectivity index is 1.92. The van der Waals surface area contributed by atoms with E-state index in [0.29, 0.717) is 16.6 Å². The quantitative estimate of drug-likeness (QED) is 0.867. The highest BCUT2D eigenvalue weighted by Crippen LogP contribution is 2.32. The minimum Gasteiger partial charge on any atom is -0.465 e. The maximum atomic E-state index is 11.6. The van der Waals surface area contributed by atoms with Crippen LogP contribution in [0.15, 0.2) is 12.1 Å². The van der Waals surface area contributed by atoms with Crippen LogP contribution in [-0.2, 0) is 4.74 Å². The number of nitrogens with one attached hydrogen (secondary N) is 1. The Morgan fingerprint density at radius 1 is 1.45 bits per heavy atom. The summed E-state index contributed by atoms with van der Waals surface area (Å²) >= 11 is 7.68. The number of rotatable bonds is 3. The predicted molar refractivity (Wildman–Crippen MR) is 81.8 cm³/mol. The molecule has 2 aromatic rings. The smallest absolute Gasteiger partial charge is 0.339 e. The second-order valence-electron chi connectivity index (χ2n) is 4.94. The fourth-order valence-electron chi connectivity index (χ4n) is 2.52. The molecule has 1 aromatic carbocycles. The van der Waals surface area contributed by atoms with Gasteiger partial charge in [-0.15, -0.1) is 0 Å². The van der Waals surface area contributed by atoms with Crippen LogP contribution in [0.25, 0.3) is 10.2 Å². The zero-order valence-corrected chi connectivity index (χ0v) is 12.7. The third-order valence-corrected chi connectivity index (χ3v) is 4.83. The summed E-state index contributed by atoms with van der Waals surface area (Å²) in [5.74, 6) is -0.435. The zero-order valence-electron chi connectivity index (χ0n) is 11.1. The standard InChI is InChI=1S/C14H15ClN2O2S/c1-19-13(18)9-6-11-12(7-10(9)15)20-14(17-11)16-8-4-2-3-5-8/h6-8H,2-5H2,1H3,(H,16,17). The number of hydrogen-bond donors (Lipinski definition) is 1. The molecule has 0 aliphatic heterocycles. The van der Waals surface area contributed by atoms with Gasteiger partial charge in [-0.2, -0.15) is 0 Å². The van der Waals surface area contributed by atoms with Gasteiger partial charge < -0.3 is 10.1 Å². The van der Waals surface area contributed by atoms with Gasteiger partial charge in [-0.3, -0.25) is 0 Å². The molecule has 0 spiro atoms. The number of methoxy groups -OCH3 is 1. The van der Waals surface area contributed by atoms with Crippen LogP contribution >= 0.6 is 22.9 Å². The Kier molecular flexibility index (Phi) is 3.81. The molecule has 0 saturated heterocycles. The predicted octanol–water partition coefficient (Wildman–Crippen LogP) is 4.09. The van der Waals surface area contributed by atoms with Crippen molar-refractivity contribution in [2.45, 2.75) is 31.7 Å². The van der Waals surface area contributed by atoms with Crippen molar-refractivity contribution in [1.82, 2.24) is 4.98 Å². The average Bonchev–Trinajstić information content (AvgIpc) is 3.06. The van der Waals surface area contributed by atoms with E-state index >= 15 is 0 Å². The van der Waals surface area contributed by atoms with Gasteiger partial charge in [0.25, 0.3) is 0 Å². The molecule has 3 rings (SSSR count). The number of ether oxygens (including phenoxy) is 1. The van der Waals surface area contributed by atoms with Crippen LogP contribution in [0.2, 0.25) is 5.02 Å². The Morgan fingerprint density at radius 2 is 2.20 bits per heavy atom. The molecule has 1 aromatic heterocycles. The van der Waals surface area contributed by atoms with Gasteiger partial charge in [-0.25, -0.2) is 9.78 Å². The average molecular weight is 311 g/mol. The maximum Gasteiger partial charge on any atom is 0.339 e. The Hall–Kier alpha value is -1.33. The number of carbonyl (C=O) groups excluding carboxylic acids is 1. The molecular weight excluding hydrogens is 296 g/mol. The van der Waals surface area contributed by atoms with Crippen LogP contribution in [0.4, 0.5) is 5.13 Å². The third kappa shape index (κ3) is 2.60. The van der Waals surface area contributed by atoms with Crippen molar-refractivity contribution in [1.29, 1.82) is 0 Å².